The summed E-state index contributed by atoms with van der Waals surface area (Å²) < 4.78 is 5.56. The van der Waals surface area contributed by atoms with Crippen LogP contribution >= 0.6 is 0 Å². The first kappa shape index (κ1) is 14.0. The van der Waals surface area contributed by atoms with Crippen LogP contribution in [0.25, 0.3) is 0 Å². The second-order valence-electron chi connectivity index (χ2n) is 4.62. The summed E-state index contributed by atoms with van der Waals surface area (Å²) in [5.74, 6) is 1.48. The zero-order valence-corrected chi connectivity index (χ0v) is 10.7. The molecule has 1 rings (SSSR count). The van der Waals surface area contributed by atoms with Crippen LogP contribution in [0.5, 0.6) is 5.75 Å². The third kappa shape index (κ3) is 6.29. The molecule has 1 atom stereocenters. The van der Waals surface area contributed by atoms with Gasteiger partial charge in [0.15, 0.2) is 0 Å². The molecule has 2 N–H and O–H groups in total. The average Bonchev–Trinajstić information content (AvgIpc) is 2.34. The van der Waals surface area contributed by atoms with E-state index in [-0.39, 0.29) is 12.6 Å². The summed E-state index contributed by atoms with van der Waals surface area (Å²) in [5.41, 5.74) is 0. The summed E-state index contributed by atoms with van der Waals surface area (Å²) >= 11 is 0. The smallest absolute Gasteiger partial charge is 0.119 e. The molecule has 0 saturated heterocycles. The first-order valence-corrected chi connectivity index (χ1v) is 6.24. The Bertz CT molecular complexity index is 288. The Hall–Kier alpha value is -1.06. The van der Waals surface area contributed by atoms with Gasteiger partial charge in [0.05, 0.1) is 6.61 Å². The van der Waals surface area contributed by atoms with Crippen LogP contribution in [-0.2, 0) is 0 Å². The van der Waals surface area contributed by atoms with Gasteiger partial charge in [0, 0.05) is 12.6 Å². The van der Waals surface area contributed by atoms with Crippen molar-refractivity contribution in [3.63, 3.8) is 0 Å². The topological polar surface area (TPSA) is 41.5 Å². The van der Waals surface area contributed by atoms with E-state index in [1.54, 1.807) is 0 Å². The van der Waals surface area contributed by atoms with E-state index in [1.165, 1.54) is 0 Å². The Morgan fingerprint density at radius 2 is 1.94 bits per heavy atom. The van der Waals surface area contributed by atoms with Gasteiger partial charge in [-0.05, 0) is 24.5 Å². The minimum absolute atomic E-state index is 0.175. The Kier molecular flexibility index (Phi) is 6.67. The van der Waals surface area contributed by atoms with Crippen molar-refractivity contribution in [2.24, 2.45) is 5.92 Å². The molecule has 0 radical (unpaired) electrons. The predicted molar refractivity (Wildman–Crippen MR) is 70.3 cm³/mol. The molecule has 0 aliphatic carbocycles. The van der Waals surface area contributed by atoms with Crippen molar-refractivity contribution >= 4 is 0 Å². The Balaban J connectivity index is 2.14. The van der Waals surface area contributed by atoms with Gasteiger partial charge in [-0.15, -0.1) is 0 Å². The lowest BCUT2D eigenvalue weighted by Gasteiger charge is -2.18. The highest BCUT2D eigenvalue weighted by Crippen LogP contribution is 2.07. The first-order chi connectivity index (χ1) is 8.22. The maximum Gasteiger partial charge on any atom is 0.119 e. The predicted octanol–water partition coefficient (Wildman–Crippen LogP) is 2.06. The van der Waals surface area contributed by atoms with Crippen molar-refractivity contribution in [2.75, 3.05) is 19.8 Å². The third-order valence-electron chi connectivity index (χ3n) is 2.52. The number of rotatable bonds is 8. The number of benzene rings is 1. The van der Waals surface area contributed by atoms with Crippen molar-refractivity contribution < 1.29 is 9.84 Å². The van der Waals surface area contributed by atoms with Gasteiger partial charge >= 0.3 is 0 Å². The zero-order valence-electron chi connectivity index (χ0n) is 10.7. The molecule has 1 aromatic rings. The number of aliphatic hydroxyl groups excluding tert-OH is 1. The standard InChI is InChI=1S/C14H23NO2/c1-12(2)10-13(11-16)15-8-9-17-14-6-4-3-5-7-14/h3-7,12-13,15-16H,8-11H2,1-2H3. The SMILES string of the molecule is CC(C)CC(CO)NCCOc1ccccc1. The van der Waals surface area contributed by atoms with Crippen LogP contribution < -0.4 is 10.1 Å². The van der Waals surface area contributed by atoms with Crippen molar-refractivity contribution in [3.8, 4) is 5.75 Å². The maximum atomic E-state index is 9.19. The largest absolute Gasteiger partial charge is 0.492 e. The summed E-state index contributed by atoms with van der Waals surface area (Å²) in [6.07, 6.45) is 0.988. The Morgan fingerprint density at radius 3 is 2.53 bits per heavy atom. The lowest BCUT2D eigenvalue weighted by atomic mass is 10.0. The fourth-order valence-electron chi connectivity index (χ4n) is 1.74. The molecule has 3 heteroatoms. The highest BCUT2D eigenvalue weighted by molar-refractivity contribution is 5.20. The van der Waals surface area contributed by atoms with Crippen molar-refractivity contribution in [1.82, 2.24) is 5.32 Å². The maximum absolute atomic E-state index is 9.19. The minimum atomic E-state index is 0.175. The van der Waals surface area contributed by atoms with E-state index < -0.39 is 0 Å². The number of nitrogens with one attached hydrogen (secondary N) is 1. The summed E-state index contributed by atoms with van der Waals surface area (Å²) in [4.78, 5) is 0. The summed E-state index contributed by atoms with van der Waals surface area (Å²) in [7, 11) is 0. The van der Waals surface area contributed by atoms with E-state index >= 15 is 0 Å². The van der Waals surface area contributed by atoms with Crippen LogP contribution in [-0.4, -0.2) is 30.9 Å². The second-order valence-corrected chi connectivity index (χ2v) is 4.62. The van der Waals surface area contributed by atoms with E-state index in [4.69, 9.17) is 4.74 Å². The molecule has 0 spiro atoms. The third-order valence-corrected chi connectivity index (χ3v) is 2.52. The quantitative estimate of drug-likeness (QED) is 0.680. The van der Waals surface area contributed by atoms with E-state index in [2.05, 4.69) is 19.2 Å². The van der Waals surface area contributed by atoms with Crippen LogP contribution in [0.2, 0.25) is 0 Å². The molecule has 0 amide bonds. The monoisotopic (exact) mass is 237 g/mol. The van der Waals surface area contributed by atoms with Gasteiger partial charge < -0.3 is 15.2 Å². The van der Waals surface area contributed by atoms with Gasteiger partial charge in [0.25, 0.3) is 0 Å². The summed E-state index contributed by atoms with van der Waals surface area (Å²) in [6, 6.07) is 9.94. The Labute approximate surface area is 104 Å². The van der Waals surface area contributed by atoms with Crippen molar-refractivity contribution in [1.29, 1.82) is 0 Å². The van der Waals surface area contributed by atoms with E-state index in [1.807, 2.05) is 30.3 Å². The molecule has 0 aliphatic heterocycles. The lowest BCUT2D eigenvalue weighted by molar-refractivity contribution is 0.214. The van der Waals surface area contributed by atoms with E-state index in [0.29, 0.717) is 12.5 Å². The van der Waals surface area contributed by atoms with Crippen LogP contribution in [0.15, 0.2) is 30.3 Å². The lowest BCUT2D eigenvalue weighted by Crippen LogP contribution is -2.36. The molecule has 96 valence electrons. The number of para-hydroxylation sites is 1. The van der Waals surface area contributed by atoms with Gasteiger partial charge in [-0.3, -0.25) is 0 Å². The molecule has 0 heterocycles. The molecule has 3 nitrogen and oxygen atoms in total. The van der Waals surface area contributed by atoms with Crippen LogP contribution in [0.1, 0.15) is 20.3 Å². The van der Waals surface area contributed by atoms with Crippen molar-refractivity contribution in [2.45, 2.75) is 26.3 Å². The molecule has 1 aromatic carbocycles. The normalized spacial score (nSPS) is 12.7. The van der Waals surface area contributed by atoms with Gasteiger partial charge in [-0.1, -0.05) is 32.0 Å². The minimum Gasteiger partial charge on any atom is -0.492 e. The summed E-state index contributed by atoms with van der Waals surface area (Å²) in [6.45, 7) is 5.88. The fraction of sp³-hybridized carbons (Fsp3) is 0.571. The summed E-state index contributed by atoms with van der Waals surface area (Å²) in [5, 5.41) is 12.5. The van der Waals surface area contributed by atoms with Crippen LogP contribution in [0.3, 0.4) is 0 Å². The van der Waals surface area contributed by atoms with Gasteiger partial charge in [-0.2, -0.15) is 0 Å². The molecular formula is C14H23NO2. The first-order valence-electron chi connectivity index (χ1n) is 6.24. The number of hydrogen-bond donors (Lipinski definition) is 2. The molecule has 0 bridgehead atoms. The van der Waals surface area contributed by atoms with Crippen LogP contribution in [0.4, 0.5) is 0 Å². The molecule has 1 unspecified atom stereocenters. The molecule has 0 fully saturated rings. The highest BCUT2D eigenvalue weighted by Gasteiger charge is 2.08. The Morgan fingerprint density at radius 1 is 1.24 bits per heavy atom. The molecule has 0 saturated carbocycles. The van der Waals surface area contributed by atoms with Gasteiger partial charge in [-0.25, -0.2) is 0 Å². The second kappa shape index (κ2) is 8.09. The molecule has 0 aliphatic rings. The number of ether oxygens (including phenoxy) is 1. The van der Waals surface area contributed by atoms with Gasteiger partial charge in [0.2, 0.25) is 0 Å². The van der Waals surface area contributed by atoms with Gasteiger partial charge in [0.1, 0.15) is 12.4 Å². The number of aliphatic hydroxyl groups is 1. The number of hydrogen-bond acceptors (Lipinski definition) is 3. The highest BCUT2D eigenvalue weighted by atomic mass is 16.5. The van der Waals surface area contributed by atoms with Crippen molar-refractivity contribution in [3.05, 3.63) is 30.3 Å². The zero-order chi connectivity index (χ0) is 12.5. The average molecular weight is 237 g/mol. The molecule has 0 aromatic heterocycles. The van der Waals surface area contributed by atoms with E-state index in [0.717, 1.165) is 18.7 Å². The fourth-order valence-corrected chi connectivity index (χ4v) is 1.74. The molecular weight excluding hydrogens is 214 g/mol. The van der Waals surface area contributed by atoms with Crippen LogP contribution in [0, 0.1) is 5.92 Å². The van der Waals surface area contributed by atoms with E-state index in [9.17, 15) is 5.11 Å². The molecule has 17 heavy (non-hydrogen) atoms.